The minimum atomic E-state index is 0.367. The molecule has 0 spiro atoms. The monoisotopic (exact) mass is 336 g/mol. The van der Waals surface area contributed by atoms with Crippen LogP contribution in [0.15, 0.2) is 24.4 Å². The molecule has 2 bridgehead atoms. The molecular weight excluding hydrogens is 308 g/mol. The molecule has 2 aromatic heterocycles. The maximum absolute atomic E-state index is 6.16. The summed E-state index contributed by atoms with van der Waals surface area (Å²) in [6.45, 7) is 0. The molecule has 132 valence electrons. The fourth-order valence-corrected chi connectivity index (χ4v) is 5.43. The number of pyridine rings is 1. The molecule has 0 atom stereocenters. The summed E-state index contributed by atoms with van der Waals surface area (Å²) in [6, 6.07) is 6.36. The van der Waals surface area contributed by atoms with Crippen molar-refractivity contribution in [1.29, 1.82) is 0 Å². The van der Waals surface area contributed by atoms with E-state index in [-0.39, 0.29) is 0 Å². The highest BCUT2D eigenvalue weighted by Crippen LogP contribution is 2.59. The highest BCUT2D eigenvalue weighted by Gasteiger charge is 2.51. The smallest absolute Gasteiger partial charge is 0.0658 e. The van der Waals surface area contributed by atoms with Crippen LogP contribution in [0.4, 0.5) is 5.69 Å². The van der Waals surface area contributed by atoms with E-state index in [2.05, 4.69) is 22.8 Å². The van der Waals surface area contributed by atoms with E-state index in [9.17, 15) is 0 Å². The van der Waals surface area contributed by atoms with Crippen LogP contribution < -0.4 is 5.73 Å². The molecule has 2 aromatic rings. The van der Waals surface area contributed by atoms with Crippen LogP contribution in [0.2, 0.25) is 0 Å². The summed E-state index contributed by atoms with van der Waals surface area (Å²) in [5.74, 6) is 0.745. The summed E-state index contributed by atoms with van der Waals surface area (Å²) < 4.78 is 2.20. The van der Waals surface area contributed by atoms with Crippen molar-refractivity contribution in [3.05, 3.63) is 41.5 Å². The zero-order chi connectivity index (χ0) is 17.1. The molecule has 0 aromatic carbocycles. The van der Waals surface area contributed by atoms with Gasteiger partial charge in [0.15, 0.2) is 0 Å². The molecule has 0 radical (unpaired) electrons. The summed E-state index contributed by atoms with van der Waals surface area (Å²) in [5.41, 5.74) is 11.8. The van der Waals surface area contributed by atoms with Gasteiger partial charge in [0.1, 0.15) is 0 Å². The molecule has 4 nitrogen and oxygen atoms in total. The Labute approximate surface area is 149 Å². The SMILES string of the molecule is Cn1nc(C2CC2)cc1C12CCC(Cc3ncccc3N)(CC1)CC2. The Balaban J connectivity index is 1.37. The minimum absolute atomic E-state index is 0.367. The van der Waals surface area contributed by atoms with E-state index >= 15 is 0 Å². The molecule has 4 fully saturated rings. The lowest BCUT2D eigenvalue weighted by Crippen LogP contribution is -2.46. The summed E-state index contributed by atoms with van der Waals surface area (Å²) >= 11 is 0. The van der Waals surface area contributed by atoms with Gasteiger partial charge in [0.2, 0.25) is 0 Å². The van der Waals surface area contributed by atoms with E-state index < -0.39 is 0 Å². The van der Waals surface area contributed by atoms with Gasteiger partial charge in [0, 0.05) is 30.3 Å². The predicted octanol–water partition coefficient (Wildman–Crippen LogP) is 4.11. The molecule has 2 heterocycles. The predicted molar refractivity (Wildman–Crippen MR) is 99.3 cm³/mol. The lowest BCUT2D eigenvalue weighted by Gasteiger charge is -2.53. The first-order valence-electron chi connectivity index (χ1n) is 9.83. The highest BCUT2D eigenvalue weighted by atomic mass is 15.3. The molecule has 0 amide bonds. The van der Waals surface area contributed by atoms with Crippen LogP contribution in [0.1, 0.15) is 74.4 Å². The number of fused-ring (bicyclic) bond motifs is 3. The van der Waals surface area contributed by atoms with Crippen LogP contribution in [0.3, 0.4) is 0 Å². The molecule has 4 heteroatoms. The summed E-state index contributed by atoms with van der Waals surface area (Å²) in [4.78, 5) is 4.56. The summed E-state index contributed by atoms with van der Waals surface area (Å²) in [6.07, 6.45) is 13.4. The van der Waals surface area contributed by atoms with E-state index in [4.69, 9.17) is 10.8 Å². The van der Waals surface area contributed by atoms with Crippen LogP contribution in [-0.4, -0.2) is 14.8 Å². The van der Waals surface area contributed by atoms with Crippen molar-refractivity contribution in [2.75, 3.05) is 5.73 Å². The summed E-state index contributed by atoms with van der Waals surface area (Å²) in [7, 11) is 2.15. The second-order valence-electron chi connectivity index (χ2n) is 8.85. The standard InChI is InChI=1S/C21H28N4/c1-25-19(13-17(24-25)15-4-5-15)21-9-6-20(7-10-21,8-11-21)14-18-16(22)3-2-12-23-18/h2-3,12-13,15H,4-11,14,22H2,1H3. The van der Waals surface area contributed by atoms with Crippen molar-refractivity contribution in [2.45, 2.75) is 69.1 Å². The van der Waals surface area contributed by atoms with Gasteiger partial charge >= 0.3 is 0 Å². The van der Waals surface area contributed by atoms with Crippen molar-refractivity contribution in [1.82, 2.24) is 14.8 Å². The topological polar surface area (TPSA) is 56.7 Å². The van der Waals surface area contributed by atoms with Gasteiger partial charge in [-0.1, -0.05) is 0 Å². The normalized spacial score (nSPS) is 31.4. The zero-order valence-electron chi connectivity index (χ0n) is 15.2. The van der Waals surface area contributed by atoms with E-state index in [0.29, 0.717) is 10.8 Å². The van der Waals surface area contributed by atoms with Crippen LogP contribution in [0, 0.1) is 5.41 Å². The number of rotatable bonds is 4. The van der Waals surface area contributed by atoms with Gasteiger partial charge in [0.05, 0.1) is 17.1 Å². The molecule has 2 N–H and O–H groups in total. The van der Waals surface area contributed by atoms with Gasteiger partial charge in [-0.2, -0.15) is 5.10 Å². The number of nitrogens with zero attached hydrogens (tertiary/aromatic N) is 3. The first-order valence-corrected chi connectivity index (χ1v) is 9.83. The van der Waals surface area contributed by atoms with Crippen molar-refractivity contribution in [2.24, 2.45) is 12.5 Å². The van der Waals surface area contributed by atoms with Gasteiger partial charge in [-0.25, -0.2) is 0 Å². The van der Waals surface area contributed by atoms with Gasteiger partial charge in [0.25, 0.3) is 0 Å². The van der Waals surface area contributed by atoms with Crippen LogP contribution in [0.25, 0.3) is 0 Å². The molecular formula is C21H28N4. The molecule has 4 aliphatic carbocycles. The van der Waals surface area contributed by atoms with Gasteiger partial charge in [-0.05, 0) is 81.4 Å². The lowest BCUT2D eigenvalue weighted by molar-refractivity contribution is 0.0354. The number of aryl methyl sites for hydroxylation is 1. The zero-order valence-corrected chi connectivity index (χ0v) is 15.2. The van der Waals surface area contributed by atoms with Gasteiger partial charge in [-0.15, -0.1) is 0 Å². The molecule has 4 saturated carbocycles. The van der Waals surface area contributed by atoms with Gasteiger partial charge in [-0.3, -0.25) is 9.67 Å². The van der Waals surface area contributed by atoms with Crippen molar-refractivity contribution in [3.63, 3.8) is 0 Å². The molecule has 0 unspecified atom stereocenters. The Kier molecular flexibility index (Phi) is 3.28. The lowest BCUT2D eigenvalue weighted by atomic mass is 9.51. The minimum Gasteiger partial charge on any atom is -0.397 e. The molecule has 4 aliphatic rings. The average Bonchev–Trinajstić information content (AvgIpc) is 3.41. The molecule has 0 saturated heterocycles. The van der Waals surface area contributed by atoms with E-state index in [0.717, 1.165) is 23.7 Å². The maximum atomic E-state index is 6.16. The maximum Gasteiger partial charge on any atom is 0.0658 e. The summed E-state index contributed by atoms with van der Waals surface area (Å²) in [5, 5.41) is 4.84. The Hall–Kier alpha value is -1.84. The average molecular weight is 336 g/mol. The fraction of sp³-hybridized carbons (Fsp3) is 0.619. The molecule has 6 rings (SSSR count). The quantitative estimate of drug-likeness (QED) is 0.914. The third-order valence-electron chi connectivity index (χ3n) is 7.31. The first kappa shape index (κ1) is 15.4. The van der Waals surface area contributed by atoms with Crippen molar-refractivity contribution in [3.8, 4) is 0 Å². The van der Waals surface area contributed by atoms with Crippen molar-refractivity contribution < 1.29 is 0 Å². The molecule has 25 heavy (non-hydrogen) atoms. The number of nitrogens with two attached hydrogens (primary N) is 1. The largest absolute Gasteiger partial charge is 0.397 e. The Morgan fingerprint density at radius 2 is 1.88 bits per heavy atom. The van der Waals surface area contributed by atoms with Gasteiger partial charge < -0.3 is 5.73 Å². The number of nitrogen functional groups attached to an aromatic ring is 1. The van der Waals surface area contributed by atoms with Crippen molar-refractivity contribution >= 4 is 5.69 Å². The second kappa shape index (κ2) is 5.33. The van der Waals surface area contributed by atoms with E-state index in [1.54, 1.807) is 0 Å². The highest BCUT2D eigenvalue weighted by molar-refractivity contribution is 5.42. The number of hydrogen-bond donors (Lipinski definition) is 1. The van der Waals surface area contributed by atoms with E-state index in [1.807, 2.05) is 18.3 Å². The Morgan fingerprint density at radius 3 is 2.52 bits per heavy atom. The van der Waals surface area contributed by atoms with Crippen LogP contribution >= 0.6 is 0 Å². The first-order chi connectivity index (χ1) is 12.1. The molecule has 0 aliphatic heterocycles. The number of anilines is 1. The fourth-order valence-electron chi connectivity index (χ4n) is 5.43. The second-order valence-corrected chi connectivity index (χ2v) is 8.85. The number of aromatic nitrogens is 3. The third-order valence-corrected chi connectivity index (χ3v) is 7.31. The van der Waals surface area contributed by atoms with E-state index in [1.165, 1.54) is 62.8 Å². The Morgan fingerprint density at radius 1 is 1.16 bits per heavy atom. The number of hydrogen-bond acceptors (Lipinski definition) is 3. The Bertz CT molecular complexity index is 777. The third kappa shape index (κ3) is 2.49. The van der Waals surface area contributed by atoms with Crippen LogP contribution in [-0.2, 0) is 18.9 Å². The van der Waals surface area contributed by atoms with Crippen LogP contribution in [0.5, 0.6) is 0 Å².